The molecule has 0 unspecified atom stereocenters. The van der Waals surface area contributed by atoms with Crippen LogP contribution in [0.4, 0.5) is 0 Å². The number of aryl methyl sites for hydroxylation is 6. The van der Waals surface area contributed by atoms with Crippen LogP contribution in [0.25, 0.3) is 0 Å². The van der Waals surface area contributed by atoms with Gasteiger partial charge in [-0.3, -0.25) is 0 Å². The van der Waals surface area contributed by atoms with Crippen LogP contribution in [0.1, 0.15) is 84.7 Å². The van der Waals surface area contributed by atoms with E-state index in [1.165, 1.54) is 90.0 Å². The van der Waals surface area contributed by atoms with Crippen molar-refractivity contribution in [2.45, 2.75) is 122 Å². The highest BCUT2D eigenvalue weighted by molar-refractivity contribution is 7.90. The molecule has 0 spiro atoms. The molecule has 24 heteroatoms. The Bertz CT molecular complexity index is 3450. The van der Waals surface area contributed by atoms with Crippen molar-refractivity contribution >= 4 is 60.1 Å². The van der Waals surface area contributed by atoms with Crippen LogP contribution in [0.5, 0.6) is 0 Å². The largest absolute Gasteiger partial charge is 0.243 e. The van der Waals surface area contributed by atoms with Gasteiger partial charge in [-0.15, -0.1) is 0 Å². The monoisotopic (exact) mass is 1290 g/mol. The van der Waals surface area contributed by atoms with E-state index in [4.69, 9.17) is 0 Å². The first-order valence-electron chi connectivity index (χ1n) is 29.0. The van der Waals surface area contributed by atoms with Gasteiger partial charge in [0.25, 0.3) is 0 Å². The van der Waals surface area contributed by atoms with Crippen molar-refractivity contribution in [1.29, 1.82) is 0 Å². The van der Waals surface area contributed by atoms with E-state index in [0.717, 1.165) is 42.0 Å². The van der Waals surface area contributed by atoms with Crippen molar-refractivity contribution < 1.29 is 50.5 Å². The molecule has 0 atom stereocenters. The van der Waals surface area contributed by atoms with Gasteiger partial charge >= 0.3 is 0 Å². The third-order valence-electron chi connectivity index (χ3n) is 15.5. The highest BCUT2D eigenvalue weighted by Gasteiger charge is 2.34. The summed E-state index contributed by atoms with van der Waals surface area (Å²) in [5.41, 5.74) is 4.93. The molecule has 18 nitrogen and oxygen atoms in total. The Morgan fingerprint density at radius 2 is 0.302 bits per heavy atom. The van der Waals surface area contributed by atoms with Crippen LogP contribution in [0.15, 0.2) is 175 Å². The zero-order chi connectivity index (χ0) is 62.5. The predicted octanol–water partition coefficient (Wildman–Crippen LogP) is 9.12. The van der Waals surface area contributed by atoms with Crippen LogP contribution in [0.2, 0.25) is 0 Å². The Morgan fingerprint density at radius 3 is 0.430 bits per heavy atom. The number of rotatable bonds is 12. The molecule has 6 aromatic carbocycles. The molecule has 1 fully saturated rings. The molecule has 0 aromatic heterocycles. The molecule has 7 rings (SSSR count). The summed E-state index contributed by atoms with van der Waals surface area (Å²) in [7, 11) is -25.7. The van der Waals surface area contributed by atoms with Gasteiger partial charge in [0, 0.05) is 78.5 Å². The first-order valence-corrected chi connectivity index (χ1v) is 37.7. The normalized spacial score (nSPS) is 17.9. The Balaban J connectivity index is 1.27. The molecule has 86 heavy (non-hydrogen) atoms. The fraction of sp³-hybridized carbons (Fsp3) is 0.419. The topological polar surface area (TPSA) is 224 Å². The van der Waals surface area contributed by atoms with Gasteiger partial charge in [-0.2, -0.15) is 25.8 Å². The van der Waals surface area contributed by atoms with Gasteiger partial charge in [0.2, 0.25) is 60.1 Å². The molecule has 0 N–H and O–H groups in total. The van der Waals surface area contributed by atoms with Gasteiger partial charge < -0.3 is 0 Å². The SMILES string of the molecule is Cc1ccc(S(=O)(=O)N2CCCCCCN(S(=O)(=O)c3ccc(C)cc3)CCN(S(=O)(=O)c3ccc(C)cc3)CCN(S(=O)(=O)c3ccc(C)cc3)CCCCCCN(S(=O)(=O)c3ccc(C)cc3)CCN(S(=O)(=O)c3ccc(C)cc3)CC2)cc1. The molecule has 6 aromatic rings. The number of hydrogen-bond acceptors (Lipinski definition) is 12. The van der Waals surface area contributed by atoms with E-state index in [2.05, 4.69) is 0 Å². The fourth-order valence-electron chi connectivity index (χ4n) is 10.0. The summed E-state index contributed by atoms with van der Waals surface area (Å²) in [6, 6.07) is 37.8. The van der Waals surface area contributed by atoms with E-state index in [1.807, 2.05) is 41.5 Å². The zero-order valence-corrected chi connectivity index (χ0v) is 54.9. The maximum atomic E-state index is 14.8. The molecular weight excluding hydrogens is 1210 g/mol. The standard InChI is InChI=1S/C62H82N6O12S6/c1-51-15-27-57(28-16-51)81(69,70)63-39-11-7-8-12-40-65(83(73,74)59-31-19-53(3)20-32-59)45-49-68(86(79,80)62-37-25-56(6)26-38-62)50-46-66(84(75,76)60-33-21-54(4)22-34-60)42-14-10-9-13-41-64(82(71,72)58-29-17-52(2)18-30-58)44-48-67(47-43-63)85(77,78)61-35-23-55(5)24-36-61/h15-38H,7-14,39-50H2,1-6H3. The average Bonchev–Trinajstić information content (AvgIpc) is 3.03. The summed E-state index contributed by atoms with van der Waals surface area (Å²) in [4.78, 5) is -0.101. The highest BCUT2D eigenvalue weighted by atomic mass is 32.2. The second-order valence-electron chi connectivity index (χ2n) is 22.1. The van der Waals surface area contributed by atoms with E-state index in [0.29, 0.717) is 25.7 Å². The number of sulfonamides is 6. The summed E-state index contributed by atoms with van der Waals surface area (Å²) in [5.74, 6) is 0. The third kappa shape index (κ3) is 17.6. The van der Waals surface area contributed by atoms with Crippen molar-refractivity contribution in [2.75, 3.05) is 78.5 Å². The number of hydrogen-bond donors (Lipinski definition) is 0. The van der Waals surface area contributed by atoms with Crippen molar-refractivity contribution in [1.82, 2.24) is 25.8 Å². The lowest BCUT2D eigenvalue weighted by Gasteiger charge is -2.30. The first-order chi connectivity index (χ1) is 40.6. The van der Waals surface area contributed by atoms with Gasteiger partial charge in [-0.1, -0.05) is 132 Å². The minimum atomic E-state index is -4.37. The Morgan fingerprint density at radius 1 is 0.186 bits per heavy atom. The maximum absolute atomic E-state index is 14.8. The van der Waals surface area contributed by atoms with E-state index in [-0.39, 0.29) is 134 Å². The lowest BCUT2D eigenvalue weighted by Crippen LogP contribution is -2.45. The van der Waals surface area contributed by atoms with Gasteiger partial charge in [0.05, 0.1) is 29.4 Å². The average molecular weight is 1300 g/mol. The molecule has 0 bridgehead atoms. The van der Waals surface area contributed by atoms with Crippen molar-refractivity contribution in [3.8, 4) is 0 Å². The Hall–Kier alpha value is -5.22. The van der Waals surface area contributed by atoms with E-state index >= 15 is 0 Å². The van der Waals surface area contributed by atoms with E-state index < -0.39 is 60.1 Å². The lowest BCUT2D eigenvalue weighted by molar-refractivity contribution is 0.303. The van der Waals surface area contributed by atoms with Crippen LogP contribution >= 0.6 is 0 Å². The minimum absolute atomic E-state index is 0.00191. The molecule has 468 valence electrons. The molecule has 0 radical (unpaired) electrons. The second-order valence-corrected chi connectivity index (χ2v) is 33.8. The predicted molar refractivity (Wildman–Crippen MR) is 337 cm³/mol. The quantitative estimate of drug-likeness (QED) is 0.112. The van der Waals surface area contributed by atoms with Crippen LogP contribution in [0.3, 0.4) is 0 Å². The molecule has 1 aliphatic heterocycles. The van der Waals surface area contributed by atoms with Gasteiger partial charge in [0.15, 0.2) is 0 Å². The Kier molecular flexibility index (Phi) is 23.7. The molecule has 0 aliphatic carbocycles. The summed E-state index contributed by atoms with van der Waals surface area (Å²) in [6.07, 6.45) is 2.79. The van der Waals surface area contributed by atoms with E-state index in [9.17, 15) is 50.5 Å². The van der Waals surface area contributed by atoms with Crippen molar-refractivity contribution in [3.05, 3.63) is 179 Å². The van der Waals surface area contributed by atoms with Crippen LogP contribution < -0.4 is 0 Å². The van der Waals surface area contributed by atoms with Crippen molar-refractivity contribution in [2.24, 2.45) is 0 Å². The number of benzene rings is 6. The molecule has 0 amide bonds. The van der Waals surface area contributed by atoms with E-state index in [1.54, 1.807) is 72.8 Å². The molecule has 1 heterocycles. The van der Waals surface area contributed by atoms with Crippen molar-refractivity contribution in [3.63, 3.8) is 0 Å². The summed E-state index contributed by atoms with van der Waals surface area (Å²) in [5, 5.41) is 0. The molecular formula is C62H82N6O12S6. The van der Waals surface area contributed by atoms with Gasteiger partial charge in [-0.25, -0.2) is 50.5 Å². The lowest BCUT2D eigenvalue weighted by atomic mass is 10.2. The zero-order valence-electron chi connectivity index (χ0n) is 50.0. The number of nitrogens with zero attached hydrogens (tertiary/aromatic N) is 6. The maximum Gasteiger partial charge on any atom is 0.243 e. The van der Waals surface area contributed by atoms with Gasteiger partial charge in [-0.05, 0) is 140 Å². The van der Waals surface area contributed by atoms with Crippen LogP contribution in [0, 0.1) is 41.5 Å². The third-order valence-corrected chi connectivity index (χ3v) is 27.0. The highest BCUT2D eigenvalue weighted by Crippen LogP contribution is 2.26. The van der Waals surface area contributed by atoms with Crippen LogP contribution in [-0.2, 0) is 60.1 Å². The molecule has 1 aliphatic rings. The Labute approximate surface area is 512 Å². The van der Waals surface area contributed by atoms with Crippen LogP contribution in [-0.4, -0.2) is 155 Å². The molecule has 1 saturated heterocycles. The second kappa shape index (κ2) is 29.9. The fourth-order valence-corrected chi connectivity index (χ4v) is 18.7. The van der Waals surface area contributed by atoms with Gasteiger partial charge in [0.1, 0.15) is 0 Å². The summed E-state index contributed by atoms with van der Waals surface area (Å²) < 4.78 is 184. The first kappa shape index (κ1) is 68.3. The molecule has 0 saturated carbocycles. The summed E-state index contributed by atoms with van der Waals surface area (Å²) in [6.45, 7) is 8.19. The minimum Gasteiger partial charge on any atom is -0.207 e. The smallest absolute Gasteiger partial charge is 0.207 e. The summed E-state index contributed by atoms with van der Waals surface area (Å²) >= 11 is 0.